The Morgan fingerprint density at radius 2 is 0.809 bits per heavy atom. The van der Waals surface area contributed by atoms with Gasteiger partial charge in [-0.1, -0.05) is 97.1 Å². The number of hydrogen-bond acceptors (Lipinski definition) is 7. The third kappa shape index (κ3) is 5.15. The van der Waals surface area contributed by atoms with E-state index in [1.54, 1.807) is 36.4 Å². The van der Waals surface area contributed by atoms with E-state index in [9.17, 15) is 30.6 Å². The second-order valence-corrected chi connectivity index (χ2v) is 11.1. The van der Waals surface area contributed by atoms with Crippen LogP contribution < -0.4 is 4.90 Å². The minimum absolute atomic E-state index is 0.189. The van der Waals surface area contributed by atoms with Crippen LogP contribution in [0.1, 0.15) is 0 Å². The molecular weight excluding hydrogens is 590 g/mol. The Morgan fingerprint density at radius 1 is 0.340 bits per heavy atom. The molecule has 230 valence electrons. The fourth-order valence-electron chi connectivity index (χ4n) is 5.97. The highest BCUT2D eigenvalue weighted by Gasteiger charge is 2.24. The summed E-state index contributed by atoms with van der Waals surface area (Å²) in [5, 5.41) is 62.3. The molecule has 47 heavy (non-hydrogen) atoms. The van der Waals surface area contributed by atoms with E-state index in [4.69, 9.17) is 0 Å². The molecule has 7 aromatic carbocycles. The number of rotatable bonds is 6. The van der Waals surface area contributed by atoms with Crippen molar-refractivity contribution < 1.29 is 30.6 Å². The zero-order valence-electron chi connectivity index (χ0n) is 24.9. The average Bonchev–Trinajstić information content (AvgIpc) is 3.12. The highest BCUT2D eigenvalue weighted by Crippen LogP contribution is 2.54. The first-order valence-corrected chi connectivity index (χ1v) is 14.9. The van der Waals surface area contributed by atoms with Gasteiger partial charge in [-0.3, -0.25) is 0 Å². The average molecular weight is 620 g/mol. The molecule has 6 N–H and O–H groups in total. The maximum absolute atomic E-state index is 10.3. The van der Waals surface area contributed by atoms with Crippen LogP contribution in [0.25, 0.3) is 44.2 Å². The maximum atomic E-state index is 10.3. The highest BCUT2D eigenvalue weighted by atomic mass is 16.4. The molecule has 0 aromatic heterocycles. The Bertz CT molecular complexity index is 2200. The molecule has 0 saturated carbocycles. The first kappa shape index (κ1) is 29.1. The fraction of sp³-hybridized carbons (Fsp3) is 0. The predicted molar refractivity (Wildman–Crippen MR) is 185 cm³/mol. The van der Waals surface area contributed by atoms with Crippen LogP contribution in [0, 0.1) is 0 Å². The number of phenolic OH excluding ortho intramolecular Hbond substituents is 6. The minimum Gasteiger partial charge on any atom is -0.508 e. The molecule has 0 heterocycles. The summed E-state index contributed by atoms with van der Waals surface area (Å²) in [5.41, 5.74) is 7.00. The van der Waals surface area contributed by atoms with Gasteiger partial charge in [0, 0.05) is 16.8 Å². The molecular formula is C40H29NO6. The largest absolute Gasteiger partial charge is 0.508 e. The number of aromatic hydroxyl groups is 6. The van der Waals surface area contributed by atoms with Crippen molar-refractivity contribution in [1.29, 1.82) is 0 Å². The van der Waals surface area contributed by atoms with Crippen molar-refractivity contribution in [2.75, 3.05) is 4.90 Å². The van der Waals surface area contributed by atoms with Crippen molar-refractivity contribution in [3.63, 3.8) is 0 Å². The molecule has 7 nitrogen and oxygen atoms in total. The number of nitrogens with zero attached hydrogens (tertiary/aromatic N) is 1. The van der Waals surface area contributed by atoms with Gasteiger partial charge < -0.3 is 35.5 Å². The molecule has 0 unspecified atom stereocenters. The van der Waals surface area contributed by atoms with E-state index in [-0.39, 0.29) is 11.3 Å². The molecule has 0 spiro atoms. The first-order valence-electron chi connectivity index (χ1n) is 14.9. The van der Waals surface area contributed by atoms with Crippen LogP contribution in [0.5, 0.6) is 34.5 Å². The van der Waals surface area contributed by atoms with E-state index in [2.05, 4.69) is 53.4 Å². The molecule has 7 heteroatoms. The van der Waals surface area contributed by atoms with E-state index < -0.39 is 28.7 Å². The van der Waals surface area contributed by atoms with Crippen LogP contribution in [0.15, 0.2) is 140 Å². The SMILES string of the molecule is Oc1ccc(N(c2ccccc2)c2ccc(-c3ccc(-c4ccc(-c5c(O)c(O)c(O)c(O)c5O)cc4)cc3)c3ccccc23)cc1. The number of para-hydroxylation sites is 1. The summed E-state index contributed by atoms with van der Waals surface area (Å²) in [6.45, 7) is 0. The van der Waals surface area contributed by atoms with Crippen molar-refractivity contribution in [2.24, 2.45) is 0 Å². The van der Waals surface area contributed by atoms with E-state index >= 15 is 0 Å². The second kappa shape index (κ2) is 11.7. The van der Waals surface area contributed by atoms with Crippen LogP contribution in [0.2, 0.25) is 0 Å². The van der Waals surface area contributed by atoms with Crippen LogP contribution in [0.3, 0.4) is 0 Å². The Kier molecular flexibility index (Phi) is 7.27. The Hall–Kier alpha value is -6.60. The monoisotopic (exact) mass is 619 g/mol. The summed E-state index contributed by atoms with van der Waals surface area (Å²) in [7, 11) is 0. The number of phenols is 6. The summed E-state index contributed by atoms with van der Waals surface area (Å²) < 4.78 is 0. The molecule has 0 saturated heterocycles. The molecule has 7 rings (SSSR count). The van der Waals surface area contributed by atoms with Crippen LogP contribution in [-0.2, 0) is 0 Å². The topological polar surface area (TPSA) is 125 Å². The third-order valence-corrected chi connectivity index (χ3v) is 8.34. The molecule has 0 bridgehead atoms. The van der Waals surface area contributed by atoms with Crippen molar-refractivity contribution in [2.45, 2.75) is 0 Å². The van der Waals surface area contributed by atoms with Gasteiger partial charge in [0.15, 0.2) is 11.5 Å². The zero-order valence-corrected chi connectivity index (χ0v) is 24.9. The molecule has 7 aromatic rings. The summed E-state index contributed by atoms with van der Waals surface area (Å²) >= 11 is 0. The number of anilines is 3. The first-order chi connectivity index (χ1) is 22.8. The lowest BCUT2D eigenvalue weighted by Crippen LogP contribution is -2.10. The molecule has 0 amide bonds. The normalized spacial score (nSPS) is 11.1. The van der Waals surface area contributed by atoms with Gasteiger partial charge in [0.2, 0.25) is 17.2 Å². The smallest absolute Gasteiger partial charge is 0.208 e. The van der Waals surface area contributed by atoms with Crippen molar-refractivity contribution in [3.05, 3.63) is 140 Å². The minimum atomic E-state index is -0.992. The third-order valence-electron chi connectivity index (χ3n) is 8.34. The summed E-state index contributed by atoms with van der Waals surface area (Å²) in [4.78, 5) is 2.18. The fourth-order valence-corrected chi connectivity index (χ4v) is 5.97. The van der Waals surface area contributed by atoms with Crippen molar-refractivity contribution >= 4 is 27.8 Å². The molecule has 0 aliphatic carbocycles. The van der Waals surface area contributed by atoms with Crippen LogP contribution in [-0.4, -0.2) is 30.6 Å². The molecule has 0 aliphatic heterocycles. The molecule has 0 radical (unpaired) electrons. The zero-order chi connectivity index (χ0) is 32.7. The van der Waals surface area contributed by atoms with Gasteiger partial charge in [-0.05, 0) is 75.7 Å². The maximum Gasteiger partial charge on any atom is 0.208 e. The summed E-state index contributed by atoms with van der Waals surface area (Å²) in [6, 6.07) is 44.9. The Balaban J connectivity index is 1.24. The Morgan fingerprint density at radius 3 is 1.40 bits per heavy atom. The van der Waals surface area contributed by atoms with Gasteiger partial charge >= 0.3 is 0 Å². The predicted octanol–water partition coefficient (Wildman–Crippen LogP) is 9.54. The lowest BCUT2D eigenvalue weighted by atomic mass is 9.94. The lowest BCUT2D eigenvalue weighted by Gasteiger charge is -2.27. The van der Waals surface area contributed by atoms with Crippen molar-refractivity contribution in [3.8, 4) is 67.9 Å². The highest BCUT2D eigenvalue weighted by molar-refractivity contribution is 6.06. The number of hydrogen-bond donors (Lipinski definition) is 6. The van der Waals surface area contributed by atoms with Gasteiger partial charge in [0.05, 0.1) is 11.3 Å². The van der Waals surface area contributed by atoms with Gasteiger partial charge in [0.25, 0.3) is 0 Å². The van der Waals surface area contributed by atoms with E-state index in [1.807, 2.05) is 54.6 Å². The van der Waals surface area contributed by atoms with Gasteiger partial charge in [-0.25, -0.2) is 0 Å². The second-order valence-electron chi connectivity index (χ2n) is 11.1. The van der Waals surface area contributed by atoms with Crippen LogP contribution in [0.4, 0.5) is 17.1 Å². The number of fused-ring (bicyclic) bond motifs is 1. The standard InChI is InChI=1S/C40H29NO6/c42-30-20-18-29(19-21-30)41(28-6-2-1-3-7-28)34-23-22-31(32-8-4-5-9-33(32)34)26-14-10-24(11-15-26)25-12-16-27(17-13-25)35-36(43)38(45)40(47)39(46)37(35)44/h1-23,42-47H. The van der Waals surface area contributed by atoms with E-state index in [0.717, 1.165) is 50.1 Å². The Labute approximate surface area is 270 Å². The lowest BCUT2D eigenvalue weighted by molar-refractivity contribution is 0.330. The van der Waals surface area contributed by atoms with E-state index in [1.165, 1.54) is 0 Å². The quantitative estimate of drug-likeness (QED) is 0.0809. The van der Waals surface area contributed by atoms with Crippen LogP contribution >= 0.6 is 0 Å². The molecule has 0 atom stereocenters. The molecule has 0 aliphatic rings. The molecule has 0 fully saturated rings. The van der Waals surface area contributed by atoms with Gasteiger partial charge in [-0.15, -0.1) is 0 Å². The summed E-state index contributed by atoms with van der Waals surface area (Å²) in [6.07, 6.45) is 0. The summed E-state index contributed by atoms with van der Waals surface area (Å²) in [5.74, 6) is -4.08. The number of benzene rings is 7. The van der Waals surface area contributed by atoms with E-state index in [0.29, 0.717) is 5.56 Å². The van der Waals surface area contributed by atoms with Gasteiger partial charge in [0.1, 0.15) is 5.75 Å². The van der Waals surface area contributed by atoms with Gasteiger partial charge in [-0.2, -0.15) is 0 Å². The van der Waals surface area contributed by atoms with Crippen molar-refractivity contribution in [1.82, 2.24) is 0 Å².